The third-order valence-electron chi connectivity index (χ3n) is 3.32. The predicted molar refractivity (Wildman–Crippen MR) is 86.1 cm³/mol. The molecular formula is C18H23NO2. The molecule has 0 saturated carbocycles. The highest BCUT2D eigenvalue weighted by Crippen LogP contribution is 2.20. The van der Waals surface area contributed by atoms with Gasteiger partial charge in [-0.2, -0.15) is 0 Å². The van der Waals surface area contributed by atoms with E-state index in [4.69, 9.17) is 15.2 Å². The molecule has 3 nitrogen and oxygen atoms in total. The number of para-hydroxylation sites is 1. The van der Waals surface area contributed by atoms with Crippen LogP contribution in [-0.4, -0.2) is 19.8 Å². The van der Waals surface area contributed by atoms with Crippen molar-refractivity contribution in [1.29, 1.82) is 0 Å². The SMILES string of the molecule is Cc1ccc(OCCOc2ccccc2CCN)c(C)c1. The number of nitrogens with two attached hydrogens (primary N) is 1. The Balaban J connectivity index is 1.84. The molecule has 0 radical (unpaired) electrons. The molecule has 2 aromatic rings. The van der Waals surface area contributed by atoms with Gasteiger partial charge in [0.15, 0.2) is 0 Å². The van der Waals surface area contributed by atoms with Crippen LogP contribution in [0.5, 0.6) is 11.5 Å². The van der Waals surface area contributed by atoms with Gasteiger partial charge in [-0.25, -0.2) is 0 Å². The topological polar surface area (TPSA) is 44.5 Å². The van der Waals surface area contributed by atoms with E-state index in [0.717, 1.165) is 29.0 Å². The zero-order valence-electron chi connectivity index (χ0n) is 12.8. The molecule has 0 aliphatic carbocycles. The van der Waals surface area contributed by atoms with Crippen molar-refractivity contribution < 1.29 is 9.47 Å². The smallest absolute Gasteiger partial charge is 0.122 e. The summed E-state index contributed by atoms with van der Waals surface area (Å²) in [6, 6.07) is 14.2. The Bertz CT molecular complexity index is 581. The molecule has 2 aromatic carbocycles. The monoisotopic (exact) mass is 285 g/mol. The molecule has 112 valence electrons. The highest BCUT2D eigenvalue weighted by molar-refractivity contribution is 5.36. The van der Waals surface area contributed by atoms with Crippen molar-refractivity contribution in [2.24, 2.45) is 5.73 Å². The van der Waals surface area contributed by atoms with Crippen molar-refractivity contribution in [3.05, 3.63) is 59.2 Å². The maximum absolute atomic E-state index is 5.79. The van der Waals surface area contributed by atoms with E-state index >= 15 is 0 Å². The summed E-state index contributed by atoms with van der Waals surface area (Å²) < 4.78 is 11.6. The predicted octanol–water partition coefficient (Wildman–Crippen LogP) is 3.26. The van der Waals surface area contributed by atoms with E-state index in [9.17, 15) is 0 Å². The second-order valence-corrected chi connectivity index (χ2v) is 5.11. The maximum atomic E-state index is 5.79. The molecule has 0 unspecified atom stereocenters. The van der Waals surface area contributed by atoms with Gasteiger partial charge >= 0.3 is 0 Å². The Morgan fingerprint density at radius 2 is 1.62 bits per heavy atom. The largest absolute Gasteiger partial charge is 0.490 e. The molecule has 0 heterocycles. The maximum Gasteiger partial charge on any atom is 0.122 e. The van der Waals surface area contributed by atoms with E-state index in [1.54, 1.807) is 0 Å². The van der Waals surface area contributed by atoms with Crippen LogP contribution >= 0.6 is 0 Å². The quantitative estimate of drug-likeness (QED) is 0.794. The van der Waals surface area contributed by atoms with E-state index in [1.165, 1.54) is 5.56 Å². The molecule has 0 aliphatic rings. The van der Waals surface area contributed by atoms with Crippen molar-refractivity contribution >= 4 is 0 Å². The molecule has 21 heavy (non-hydrogen) atoms. The highest BCUT2D eigenvalue weighted by Gasteiger charge is 2.03. The molecule has 0 fully saturated rings. The molecule has 0 bridgehead atoms. The van der Waals surface area contributed by atoms with Gasteiger partial charge in [0, 0.05) is 0 Å². The molecule has 0 atom stereocenters. The minimum Gasteiger partial charge on any atom is -0.490 e. The summed E-state index contributed by atoms with van der Waals surface area (Å²) in [4.78, 5) is 0. The fourth-order valence-corrected chi connectivity index (χ4v) is 2.27. The highest BCUT2D eigenvalue weighted by atomic mass is 16.5. The van der Waals surface area contributed by atoms with Crippen LogP contribution < -0.4 is 15.2 Å². The Kier molecular flexibility index (Phi) is 5.64. The molecule has 0 saturated heterocycles. The van der Waals surface area contributed by atoms with Crippen LogP contribution in [0.3, 0.4) is 0 Å². The van der Waals surface area contributed by atoms with Gasteiger partial charge in [-0.05, 0) is 50.1 Å². The number of benzene rings is 2. The van der Waals surface area contributed by atoms with Gasteiger partial charge in [0.2, 0.25) is 0 Å². The third kappa shape index (κ3) is 4.50. The minimum absolute atomic E-state index is 0.523. The fourth-order valence-electron chi connectivity index (χ4n) is 2.27. The summed E-state index contributed by atoms with van der Waals surface area (Å²) in [5.41, 5.74) is 9.15. The zero-order valence-corrected chi connectivity index (χ0v) is 12.8. The first kappa shape index (κ1) is 15.4. The molecule has 0 spiro atoms. The van der Waals surface area contributed by atoms with Gasteiger partial charge in [-0.3, -0.25) is 0 Å². The van der Waals surface area contributed by atoms with Crippen LogP contribution in [0.1, 0.15) is 16.7 Å². The average Bonchev–Trinajstić information content (AvgIpc) is 2.47. The van der Waals surface area contributed by atoms with E-state index < -0.39 is 0 Å². The van der Waals surface area contributed by atoms with E-state index in [2.05, 4.69) is 26.0 Å². The first-order valence-electron chi connectivity index (χ1n) is 7.31. The van der Waals surface area contributed by atoms with Gasteiger partial charge in [0.05, 0.1) is 0 Å². The number of rotatable bonds is 7. The standard InChI is InChI=1S/C18H23NO2/c1-14-7-8-17(15(2)13-14)20-11-12-21-18-6-4-3-5-16(18)9-10-19/h3-8,13H,9-12,19H2,1-2H3. The van der Waals surface area contributed by atoms with Crippen molar-refractivity contribution in [3.63, 3.8) is 0 Å². The molecule has 2 N–H and O–H groups in total. The van der Waals surface area contributed by atoms with Crippen LogP contribution in [0, 0.1) is 13.8 Å². The second kappa shape index (κ2) is 7.70. The van der Waals surface area contributed by atoms with E-state index in [1.807, 2.05) is 30.3 Å². The molecule has 3 heteroatoms. The van der Waals surface area contributed by atoms with Crippen molar-refractivity contribution in [3.8, 4) is 11.5 Å². The van der Waals surface area contributed by atoms with Crippen LogP contribution in [0.15, 0.2) is 42.5 Å². The number of ether oxygens (including phenoxy) is 2. The lowest BCUT2D eigenvalue weighted by Gasteiger charge is -2.13. The molecular weight excluding hydrogens is 262 g/mol. The average molecular weight is 285 g/mol. The lowest BCUT2D eigenvalue weighted by molar-refractivity contribution is 0.215. The summed E-state index contributed by atoms with van der Waals surface area (Å²) in [7, 11) is 0. The molecule has 0 aromatic heterocycles. The number of aryl methyl sites for hydroxylation is 2. The van der Waals surface area contributed by atoms with Crippen LogP contribution in [0.4, 0.5) is 0 Å². The summed E-state index contributed by atoms with van der Waals surface area (Å²) >= 11 is 0. The summed E-state index contributed by atoms with van der Waals surface area (Å²) in [6.07, 6.45) is 0.827. The Morgan fingerprint density at radius 1 is 0.905 bits per heavy atom. The summed E-state index contributed by atoms with van der Waals surface area (Å²) in [5, 5.41) is 0. The third-order valence-corrected chi connectivity index (χ3v) is 3.32. The van der Waals surface area contributed by atoms with Gasteiger partial charge in [0.25, 0.3) is 0 Å². The van der Waals surface area contributed by atoms with Crippen LogP contribution in [0.2, 0.25) is 0 Å². The second-order valence-electron chi connectivity index (χ2n) is 5.11. The first-order chi connectivity index (χ1) is 10.2. The Labute approximate surface area is 126 Å². The molecule has 2 rings (SSSR count). The van der Waals surface area contributed by atoms with Crippen molar-refractivity contribution in [1.82, 2.24) is 0 Å². The zero-order chi connectivity index (χ0) is 15.1. The van der Waals surface area contributed by atoms with Crippen LogP contribution in [-0.2, 0) is 6.42 Å². The molecule has 0 aliphatic heterocycles. The number of hydrogen-bond acceptors (Lipinski definition) is 3. The summed E-state index contributed by atoms with van der Waals surface area (Å²) in [5.74, 6) is 1.81. The number of hydrogen-bond donors (Lipinski definition) is 1. The lowest BCUT2D eigenvalue weighted by atomic mass is 10.1. The minimum atomic E-state index is 0.523. The van der Waals surface area contributed by atoms with Gasteiger partial charge in [-0.15, -0.1) is 0 Å². The van der Waals surface area contributed by atoms with Crippen LogP contribution in [0.25, 0.3) is 0 Å². The van der Waals surface area contributed by atoms with Crippen molar-refractivity contribution in [2.45, 2.75) is 20.3 Å². The lowest BCUT2D eigenvalue weighted by Crippen LogP contribution is -2.11. The van der Waals surface area contributed by atoms with Gasteiger partial charge < -0.3 is 15.2 Å². The van der Waals surface area contributed by atoms with E-state index in [-0.39, 0.29) is 0 Å². The Hall–Kier alpha value is -2.00. The van der Waals surface area contributed by atoms with Gasteiger partial charge in [-0.1, -0.05) is 35.9 Å². The van der Waals surface area contributed by atoms with Gasteiger partial charge in [0.1, 0.15) is 24.7 Å². The fraction of sp³-hybridized carbons (Fsp3) is 0.333. The van der Waals surface area contributed by atoms with Crippen molar-refractivity contribution in [2.75, 3.05) is 19.8 Å². The normalized spacial score (nSPS) is 10.4. The first-order valence-corrected chi connectivity index (χ1v) is 7.31. The Morgan fingerprint density at radius 3 is 2.33 bits per heavy atom. The molecule has 0 amide bonds. The summed E-state index contributed by atoms with van der Waals surface area (Å²) in [6.45, 7) is 5.81. The van der Waals surface area contributed by atoms with E-state index in [0.29, 0.717) is 19.8 Å².